The van der Waals surface area contributed by atoms with Crippen LogP contribution in [-0.4, -0.2) is 23.8 Å². The van der Waals surface area contributed by atoms with E-state index in [0.717, 1.165) is 16.3 Å². The standard InChI is InChI=1S/C15H13NO2/c1-16-14(17)9-13(15(16)18)12-8-4-6-10-5-2-3-7-11(10)12/h2-8,13H,9H2,1H3. The molecule has 1 saturated heterocycles. The summed E-state index contributed by atoms with van der Waals surface area (Å²) in [6, 6.07) is 13.8. The van der Waals surface area contributed by atoms with Gasteiger partial charge in [0.05, 0.1) is 5.92 Å². The van der Waals surface area contributed by atoms with Crippen molar-refractivity contribution in [2.24, 2.45) is 0 Å². The maximum Gasteiger partial charge on any atom is 0.236 e. The Kier molecular flexibility index (Phi) is 2.40. The molecule has 1 atom stereocenters. The van der Waals surface area contributed by atoms with Crippen molar-refractivity contribution in [1.29, 1.82) is 0 Å². The van der Waals surface area contributed by atoms with E-state index in [-0.39, 0.29) is 24.2 Å². The molecular weight excluding hydrogens is 226 g/mol. The molecule has 1 unspecified atom stereocenters. The minimum atomic E-state index is -0.325. The van der Waals surface area contributed by atoms with Gasteiger partial charge < -0.3 is 0 Å². The second kappa shape index (κ2) is 3.95. The molecular formula is C15H13NO2. The Balaban J connectivity index is 2.16. The minimum absolute atomic E-state index is 0.0991. The summed E-state index contributed by atoms with van der Waals surface area (Å²) in [6.45, 7) is 0. The summed E-state index contributed by atoms with van der Waals surface area (Å²) in [4.78, 5) is 24.9. The van der Waals surface area contributed by atoms with Crippen molar-refractivity contribution < 1.29 is 9.59 Å². The highest BCUT2D eigenvalue weighted by Gasteiger charge is 2.37. The van der Waals surface area contributed by atoms with Crippen molar-refractivity contribution in [3.05, 3.63) is 48.0 Å². The molecule has 0 aliphatic carbocycles. The Morgan fingerprint density at radius 1 is 1.06 bits per heavy atom. The molecule has 2 aromatic carbocycles. The molecule has 0 saturated carbocycles. The van der Waals surface area contributed by atoms with Crippen LogP contribution in [0.5, 0.6) is 0 Å². The summed E-state index contributed by atoms with van der Waals surface area (Å²) in [5.41, 5.74) is 0.954. The van der Waals surface area contributed by atoms with Crippen LogP contribution in [0.4, 0.5) is 0 Å². The van der Waals surface area contributed by atoms with Gasteiger partial charge in [0.2, 0.25) is 11.8 Å². The average Bonchev–Trinajstić information content (AvgIpc) is 2.66. The molecule has 0 spiro atoms. The molecule has 0 bridgehead atoms. The normalized spacial score (nSPS) is 19.8. The van der Waals surface area contributed by atoms with E-state index in [9.17, 15) is 9.59 Å². The number of carbonyl (C=O) groups excluding carboxylic acids is 2. The van der Waals surface area contributed by atoms with Gasteiger partial charge in [-0.2, -0.15) is 0 Å². The van der Waals surface area contributed by atoms with Crippen molar-refractivity contribution in [3.63, 3.8) is 0 Å². The Morgan fingerprint density at radius 2 is 1.78 bits per heavy atom. The molecule has 0 N–H and O–H groups in total. The van der Waals surface area contributed by atoms with Gasteiger partial charge in [-0.05, 0) is 16.3 Å². The molecule has 2 aromatic rings. The summed E-state index contributed by atoms with van der Waals surface area (Å²) in [6.07, 6.45) is 0.281. The second-order valence-electron chi connectivity index (χ2n) is 4.62. The van der Waals surface area contributed by atoms with Crippen LogP contribution in [0.15, 0.2) is 42.5 Å². The molecule has 1 aliphatic heterocycles. The van der Waals surface area contributed by atoms with E-state index >= 15 is 0 Å². The summed E-state index contributed by atoms with van der Waals surface area (Å²) in [5, 5.41) is 2.16. The van der Waals surface area contributed by atoms with Gasteiger partial charge in [0, 0.05) is 13.5 Å². The van der Waals surface area contributed by atoms with Crippen molar-refractivity contribution in [3.8, 4) is 0 Å². The van der Waals surface area contributed by atoms with Gasteiger partial charge >= 0.3 is 0 Å². The van der Waals surface area contributed by atoms with Crippen LogP contribution < -0.4 is 0 Å². The Hall–Kier alpha value is -2.16. The number of imide groups is 1. The number of carbonyl (C=O) groups is 2. The van der Waals surface area contributed by atoms with E-state index in [1.54, 1.807) is 7.05 Å². The molecule has 0 aromatic heterocycles. The van der Waals surface area contributed by atoms with E-state index in [1.807, 2.05) is 42.5 Å². The lowest BCUT2D eigenvalue weighted by molar-refractivity contribution is -0.137. The largest absolute Gasteiger partial charge is 0.285 e. The molecule has 3 nitrogen and oxygen atoms in total. The summed E-state index contributed by atoms with van der Waals surface area (Å²) < 4.78 is 0. The molecule has 90 valence electrons. The number of nitrogens with zero attached hydrogens (tertiary/aromatic N) is 1. The fourth-order valence-corrected chi connectivity index (χ4v) is 2.55. The first-order valence-electron chi connectivity index (χ1n) is 5.96. The van der Waals surface area contributed by atoms with Gasteiger partial charge in [-0.3, -0.25) is 14.5 Å². The van der Waals surface area contributed by atoms with Crippen LogP contribution in [0.3, 0.4) is 0 Å². The van der Waals surface area contributed by atoms with E-state index < -0.39 is 0 Å². The Labute approximate surface area is 105 Å². The number of likely N-dealkylation sites (N-methyl/N-ethyl adjacent to an activating group) is 1. The monoisotopic (exact) mass is 239 g/mol. The molecule has 1 fully saturated rings. The zero-order valence-corrected chi connectivity index (χ0v) is 10.1. The summed E-state index contributed by atoms with van der Waals surface area (Å²) in [5.74, 6) is -0.525. The third-order valence-corrected chi connectivity index (χ3v) is 3.58. The number of rotatable bonds is 1. The maximum atomic E-state index is 12.1. The lowest BCUT2D eigenvalue weighted by Gasteiger charge is -2.12. The van der Waals surface area contributed by atoms with Crippen LogP contribution >= 0.6 is 0 Å². The molecule has 3 rings (SSSR count). The van der Waals surface area contributed by atoms with E-state index in [2.05, 4.69) is 0 Å². The zero-order valence-electron chi connectivity index (χ0n) is 10.1. The first-order chi connectivity index (χ1) is 8.68. The van der Waals surface area contributed by atoms with Crippen LogP contribution in [0, 0.1) is 0 Å². The van der Waals surface area contributed by atoms with Crippen LogP contribution in [0.25, 0.3) is 10.8 Å². The lowest BCUT2D eigenvalue weighted by atomic mass is 9.92. The number of likely N-dealkylation sites (tertiary alicyclic amines) is 1. The number of benzene rings is 2. The van der Waals surface area contributed by atoms with Gasteiger partial charge in [-0.15, -0.1) is 0 Å². The quantitative estimate of drug-likeness (QED) is 0.716. The van der Waals surface area contributed by atoms with Crippen molar-refractivity contribution in [1.82, 2.24) is 4.90 Å². The molecule has 2 amide bonds. The summed E-state index contributed by atoms with van der Waals surface area (Å²) in [7, 11) is 1.55. The van der Waals surface area contributed by atoms with E-state index in [0.29, 0.717) is 0 Å². The van der Waals surface area contributed by atoms with Gasteiger partial charge in [0.1, 0.15) is 0 Å². The highest BCUT2D eigenvalue weighted by atomic mass is 16.2. The highest BCUT2D eigenvalue weighted by Crippen LogP contribution is 2.33. The zero-order chi connectivity index (χ0) is 12.7. The van der Waals surface area contributed by atoms with E-state index in [1.165, 1.54) is 4.90 Å². The van der Waals surface area contributed by atoms with Gasteiger partial charge in [0.15, 0.2) is 0 Å². The first kappa shape index (κ1) is 11.0. The van der Waals surface area contributed by atoms with Crippen molar-refractivity contribution in [2.45, 2.75) is 12.3 Å². The molecule has 18 heavy (non-hydrogen) atoms. The van der Waals surface area contributed by atoms with Gasteiger partial charge in [-0.1, -0.05) is 42.5 Å². The smallest absolute Gasteiger partial charge is 0.236 e. The van der Waals surface area contributed by atoms with Crippen LogP contribution in [0.2, 0.25) is 0 Å². The second-order valence-corrected chi connectivity index (χ2v) is 4.62. The predicted molar refractivity (Wildman–Crippen MR) is 69.1 cm³/mol. The average molecular weight is 239 g/mol. The third-order valence-electron chi connectivity index (χ3n) is 3.58. The fourth-order valence-electron chi connectivity index (χ4n) is 2.55. The first-order valence-corrected chi connectivity index (χ1v) is 5.96. The number of hydrogen-bond acceptors (Lipinski definition) is 2. The fraction of sp³-hybridized carbons (Fsp3) is 0.200. The molecule has 1 heterocycles. The SMILES string of the molecule is CN1C(=O)CC(c2cccc3ccccc23)C1=O. The third kappa shape index (κ3) is 1.51. The number of amides is 2. The molecule has 1 aliphatic rings. The van der Waals surface area contributed by atoms with Crippen molar-refractivity contribution in [2.75, 3.05) is 7.05 Å². The molecule has 0 radical (unpaired) electrons. The Bertz CT molecular complexity index is 642. The van der Waals surface area contributed by atoms with Crippen LogP contribution in [0.1, 0.15) is 17.9 Å². The summed E-state index contributed by atoms with van der Waals surface area (Å²) >= 11 is 0. The molecule has 3 heteroatoms. The van der Waals surface area contributed by atoms with Gasteiger partial charge in [0.25, 0.3) is 0 Å². The van der Waals surface area contributed by atoms with E-state index in [4.69, 9.17) is 0 Å². The number of hydrogen-bond donors (Lipinski definition) is 0. The predicted octanol–water partition coefficient (Wildman–Crippen LogP) is 2.31. The maximum absolute atomic E-state index is 12.1. The van der Waals surface area contributed by atoms with Crippen molar-refractivity contribution >= 4 is 22.6 Å². The van der Waals surface area contributed by atoms with Crippen LogP contribution in [-0.2, 0) is 9.59 Å². The van der Waals surface area contributed by atoms with Gasteiger partial charge in [-0.25, -0.2) is 0 Å². The number of fused-ring (bicyclic) bond motifs is 1. The Morgan fingerprint density at radius 3 is 2.50 bits per heavy atom. The topological polar surface area (TPSA) is 37.4 Å². The highest BCUT2D eigenvalue weighted by molar-refractivity contribution is 6.07. The minimum Gasteiger partial charge on any atom is -0.285 e. The lowest BCUT2D eigenvalue weighted by Crippen LogP contribution is -2.25.